The van der Waals surface area contributed by atoms with Crippen LogP contribution in [0, 0.1) is 21.8 Å². The largest absolute Gasteiger partial charge is 0.360 e. The Labute approximate surface area is 163 Å². The Morgan fingerprint density at radius 1 is 1.21 bits per heavy atom. The lowest BCUT2D eigenvalue weighted by atomic mass is 10.2. The van der Waals surface area contributed by atoms with Gasteiger partial charge in [0.1, 0.15) is 11.6 Å². The van der Waals surface area contributed by atoms with E-state index in [1.54, 1.807) is 12.1 Å². The van der Waals surface area contributed by atoms with Gasteiger partial charge in [-0.1, -0.05) is 23.2 Å². The number of aryl methyl sites for hydroxylation is 1. The molecule has 0 saturated carbocycles. The molecule has 7 heteroatoms. The molecule has 0 fully saturated rings. The summed E-state index contributed by atoms with van der Waals surface area (Å²) in [5, 5.41) is 15.5. The number of halogens is 3. The van der Waals surface area contributed by atoms with Gasteiger partial charge in [0.25, 0.3) is 5.91 Å². The summed E-state index contributed by atoms with van der Waals surface area (Å²) in [4.78, 5) is 12.2. The molecular weight excluding hydrogens is 460 g/mol. The van der Waals surface area contributed by atoms with Gasteiger partial charge in [0, 0.05) is 21.1 Å². The first kappa shape index (κ1) is 18.6. The van der Waals surface area contributed by atoms with E-state index in [0.717, 1.165) is 14.8 Å². The predicted octanol–water partition coefficient (Wildman–Crippen LogP) is 5.36. The highest BCUT2D eigenvalue weighted by Crippen LogP contribution is 2.25. The fourth-order valence-corrected chi connectivity index (χ4v) is 2.80. The number of carbonyl (C=O) groups excluding carboxylic acids is 1. The van der Waals surface area contributed by atoms with Gasteiger partial charge in [-0.2, -0.15) is 5.26 Å². The number of rotatable bonds is 4. The number of carbonyl (C=O) groups is 1. The fourth-order valence-electron chi connectivity index (χ4n) is 1.86. The quantitative estimate of drug-likeness (QED) is 0.358. The first-order chi connectivity index (χ1) is 11.4. The Morgan fingerprint density at radius 2 is 1.96 bits per heavy atom. The van der Waals surface area contributed by atoms with Crippen LogP contribution in [0.4, 0.5) is 11.4 Å². The molecule has 0 aliphatic rings. The highest BCUT2D eigenvalue weighted by atomic mass is 127. The summed E-state index contributed by atoms with van der Waals surface area (Å²) in [6.45, 7) is 1.94. The van der Waals surface area contributed by atoms with E-state index >= 15 is 0 Å². The van der Waals surface area contributed by atoms with Crippen LogP contribution < -0.4 is 10.6 Å². The standard InChI is InChI=1S/C17H12Cl2IN3O/c1-10-6-12(20)2-5-16(10)22-9-11(8-21)17(24)23-13-3-4-14(18)15(19)7-13/h2-7,9,22H,1H3,(H,23,24)/b11-9-. The molecule has 2 rings (SSSR count). The van der Waals surface area contributed by atoms with Crippen LogP contribution in [-0.2, 0) is 4.79 Å². The maximum Gasteiger partial charge on any atom is 0.267 e. The zero-order valence-electron chi connectivity index (χ0n) is 12.5. The fraction of sp³-hybridized carbons (Fsp3) is 0.0588. The second kappa shape index (κ2) is 8.38. The molecule has 4 nitrogen and oxygen atoms in total. The second-order valence-electron chi connectivity index (χ2n) is 4.86. The van der Waals surface area contributed by atoms with Crippen LogP contribution in [0.5, 0.6) is 0 Å². The van der Waals surface area contributed by atoms with E-state index in [-0.39, 0.29) is 5.57 Å². The molecule has 0 spiro atoms. The Morgan fingerprint density at radius 3 is 2.58 bits per heavy atom. The zero-order valence-corrected chi connectivity index (χ0v) is 16.2. The summed E-state index contributed by atoms with van der Waals surface area (Å²) in [6.07, 6.45) is 1.38. The molecule has 0 aliphatic heterocycles. The van der Waals surface area contributed by atoms with E-state index in [2.05, 4.69) is 33.2 Å². The first-order valence-electron chi connectivity index (χ1n) is 6.80. The molecule has 2 aromatic carbocycles. The van der Waals surface area contributed by atoms with Crippen LogP contribution in [-0.4, -0.2) is 5.91 Å². The van der Waals surface area contributed by atoms with Gasteiger partial charge >= 0.3 is 0 Å². The van der Waals surface area contributed by atoms with Crippen molar-refractivity contribution in [1.82, 2.24) is 0 Å². The van der Waals surface area contributed by atoms with Crippen molar-refractivity contribution in [3.05, 3.63) is 67.4 Å². The third kappa shape index (κ3) is 4.87. The van der Waals surface area contributed by atoms with E-state index in [1.807, 2.05) is 31.2 Å². The minimum absolute atomic E-state index is 0.0565. The van der Waals surface area contributed by atoms with Gasteiger partial charge in [-0.25, -0.2) is 0 Å². The topological polar surface area (TPSA) is 64.9 Å². The SMILES string of the molecule is Cc1cc(I)ccc1N/C=C(/C#N)C(=O)Nc1ccc(Cl)c(Cl)c1. The maximum atomic E-state index is 12.2. The Kier molecular flexibility index (Phi) is 6.49. The van der Waals surface area contributed by atoms with Crippen LogP contribution in [0.15, 0.2) is 48.2 Å². The van der Waals surface area contributed by atoms with Crippen molar-refractivity contribution >= 4 is 63.1 Å². The number of hydrogen-bond acceptors (Lipinski definition) is 3. The van der Waals surface area contributed by atoms with Crippen molar-refractivity contribution < 1.29 is 4.79 Å². The summed E-state index contributed by atoms with van der Waals surface area (Å²) in [5.74, 6) is -0.536. The van der Waals surface area contributed by atoms with Gasteiger partial charge in [-0.3, -0.25) is 4.79 Å². The molecule has 0 aromatic heterocycles. The minimum atomic E-state index is -0.536. The summed E-state index contributed by atoms with van der Waals surface area (Å²) < 4.78 is 1.11. The minimum Gasteiger partial charge on any atom is -0.360 e. The second-order valence-corrected chi connectivity index (χ2v) is 6.92. The van der Waals surface area contributed by atoms with E-state index in [9.17, 15) is 10.1 Å². The molecule has 122 valence electrons. The molecule has 0 radical (unpaired) electrons. The number of nitriles is 1. The molecule has 0 saturated heterocycles. The molecular formula is C17H12Cl2IN3O. The van der Waals surface area contributed by atoms with Crippen LogP contribution in [0.2, 0.25) is 10.0 Å². The van der Waals surface area contributed by atoms with Crippen LogP contribution in [0.25, 0.3) is 0 Å². The number of benzene rings is 2. The third-order valence-corrected chi connectivity index (χ3v) is 4.51. The third-order valence-electron chi connectivity index (χ3n) is 3.10. The zero-order chi connectivity index (χ0) is 17.7. The molecule has 24 heavy (non-hydrogen) atoms. The van der Waals surface area contributed by atoms with Crippen molar-refractivity contribution in [3.8, 4) is 6.07 Å². The molecule has 1 amide bonds. The van der Waals surface area contributed by atoms with E-state index in [1.165, 1.54) is 12.3 Å². The van der Waals surface area contributed by atoms with Gasteiger partial charge in [0.15, 0.2) is 0 Å². The molecule has 2 aromatic rings. The average molecular weight is 472 g/mol. The molecule has 2 N–H and O–H groups in total. The van der Waals surface area contributed by atoms with Gasteiger partial charge in [-0.05, 0) is 71.5 Å². The molecule has 0 bridgehead atoms. The highest BCUT2D eigenvalue weighted by Gasteiger charge is 2.10. The Hall–Kier alpha value is -1.75. The monoisotopic (exact) mass is 471 g/mol. The number of hydrogen-bond donors (Lipinski definition) is 2. The van der Waals surface area contributed by atoms with Crippen molar-refractivity contribution in [2.45, 2.75) is 6.92 Å². The van der Waals surface area contributed by atoms with Gasteiger partial charge in [-0.15, -0.1) is 0 Å². The highest BCUT2D eigenvalue weighted by molar-refractivity contribution is 14.1. The lowest BCUT2D eigenvalue weighted by Crippen LogP contribution is -2.14. The van der Waals surface area contributed by atoms with Crippen LogP contribution in [0.3, 0.4) is 0 Å². The first-order valence-corrected chi connectivity index (χ1v) is 8.63. The van der Waals surface area contributed by atoms with E-state index < -0.39 is 5.91 Å². The van der Waals surface area contributed by atoms with Crippen molar-refractivity contribution in [2.75, 3.05) is 10.6 Å². The van der Waals surface area contributed by atoms with Gasteiger partial charge in [0.05, 0.1) is 10.0 Å². The van der Waals surface area contributed by atoms with Crippen molar-refractivity contribution in [1.29, 1.82) is 5.26 Å². The molecule has 0 atom stereocenters. The number of nitrogens with zero attached hydrogens (tertiary/aromatic N) is 1. The summed E-state index contributed by atoms with van der Waals surface area (Å²) >= 11 is 14.0. The van der Waals surface area contributed by atoms with Gasteiger partial charge < -0.3 is 10.6 Å². The van der Waals surface area contributed by atoms with E-state index in [0.29, 0.717) is 15.7 Å². The average Bonchev–Trinajstić information content (AvgIpc) is 2.53. The summed E-state index contributed by atoms with van der Waals surface area (Å²) in [5.41, 5.74) is 2.24. The summed E-state index contributed by atoms with van der Waals surface area (Å²) in [6, 6.07) is 12.4. The lowest BCUT2D eigenvalue weighted by molar-refractivity contribution is -0.112. The van der Waals surface area contributed by atoms with Gasteiger partial charge in [0.2, 0.25) is 0 Å². The smallest absolute Gasteiger partial charge is 0.267 e. The number of amides is 1. The van der Waals surface area contributed by atoms with Crippen LogP contribution in [0.1, 0.15) is 5.56 Å². The predicted molar refractivity (Wildman–Crippen MR) is 106 cm³/mol. The normalized spacial score (nSPS) is 10.9. The number of nitrogens with one attached hydrogen (secondary N) is 2. The van der Waals surface area contributed by atoms with Crippen molar-refractivity contribution in [2.24, 2.45) is 0 Å². The molecule has 0 heterocycles. The van der Waals surface area contributed by atoms with Crippen LogP contribution >= 0.6 is 45.8 Å². The molecule has 0 aliphatic carbocycles. The Bertz CT molecular complexity index is 859. The molecule has 0 unspecified atom stereocenters. The summed E-state index contributed by atoms with van der Waals surface area (Å²) in [7, 11) is 0. The lowest BCUT2D eigenvalue weighted by Gasteiger charge is -2.08. The van der Waals surface area contributed by atoms with Crippen molar-refractivity contribution in [3.63, 3.8) is 0 Å². The maximum absolute atomic E-state index is 12.2. The number of anilines is 2. The van der Waals surface area contributed by atoms with E-state index in [4.69, 9.17) is 23.2 Å². The Balaban J connectivity index is 2.13.